The van der Waals surface area contributed by atoms with Gasteiger partial charge < -0.3 is 19.5 Å². The lowest BCUT2D eigenvalue weighted by atomic mass is 10.1. The highest BCUT2D eigenvalue weighted by atomic mass is 32.1. The van der Waals surface area contributed by atoms with E-state index in [9.17, 15) is 9.59 Å². The number of rotatable bonds is 5. The number of amides is 1. The standard InChI is InChI=1S/C15H16N2O4S/c1-20-13(18)7-11(8-2-3-8)16-14(19)9-4-5-10-12(6-9)21-15(22)17-10/h4-6,8,11H,2-3,7H2,1H3,(H,16,19)(H,17,22). The summed E-state index contributed by atoms with van der Waals surface area (Å²) in [6.07, 6.45) is 2.24. The highest BCUT2D eigenvalue weighted by Crippen LogP contribution is 2.34. The van der Waals surface area contributed by atoms with Crippen LogP contribution in [0.1, 0.15) is 29.6 Å². The second kappa shape index (κ2) is 5.92. The van der Waals surface area contributed by atoms with E-state index in [1.807, 2.05) is 0 Å². The molecule has 116 valence electrons. The lowest BCUT2D eigenvalue weighted by Crippen LogP contribution is -2.38. The van der Waals surface area contributed by atoms with Crippen LogP contribution in [0.2, 0.25) is 0 Å². The number of carbonyl (C=O) groups excluding carboxylic acids is 2. The summed E-state index contributed by atoms with van der Waals surface area (Å²) in [5, 5.41) is 2.91. The van der Waals surface area contributed by atoms with Crippen LogP contribution in [0.4, 0.5) is 0 Å². The lowest BCUT2D eigenvalue weighted by Gasteiger charge is -2.17. The Morgan fingerprint density at radius 2 is 2.27 bits per heavy atom. The number of aromatic nitrogens is 1. The Morgan fingerprint density at radius 1 is 1.50 bits per heavy atom. The molecule has 1 atom stereocenters. The van der Waals surface area contributed by atoms with Gasteiger partial charge >= 0.3 is 5.97 Å². The first-order valence-corrected chi connectivity index (χ1v) is 7.48. The minimum Gasteiger partial charge on any atom is -0.469 e. The summed E-state index contributed by atoms with van der Waals surface area (Å²) < 4.78 is 10.00. The van der Waals surface area contributed by atoms with Gasteiger partial charge in [-0.05, 0) is 49.2 Å². The molecule has 2 N–H and O–H groups in total. The fourth-order valence-electron chi connectivity index (χ4n) is 2.44. The summed E-state index contributed by atoms with van der Waals surface area (Å²) >= 11 is 4.92. The van der Waals surface area contributed by atoms with Crippen LogP contribution in [-0.4, -0.2) is 30.0 Å². The van der Waals surface area contributed by atoms with E-state index in [0.29, 0.717) is 17.1 Å². The minimum absolute atomic E-state index is 0.187. The van der Waals surface area contributed by atoms with Gasteiger partial charge in [-0.1, -0.05) is 0 Å². The number of hydrogen-bond acceptors (Lipinski definition) is 5. The second-order valence-electron chi connectivity index (χ2n) is 5.42. The third kappa shape index (κ3) is 3.19. The van der Waals surface area contributed by atoms with E-state index in [-0.39, 0.29) is 29.2 Å². The minimum atomic E-state index is -0.316. The third-order valence-electron chi connectivity index (χ3n) is 3.80. The molecule has 1 aliphatic carbocycles. The van der Waals surface area contributed by atoms with Gasteiger partial charge in [-0.25, -0.2) is 0 Å². The van der Waals surface area contributed by atoms with Crippen molar-refractivity contribution < 1.29 is 18.7 Å². The van der Waals surface area contributed by atoms with Gasteiger partial charge in [-0.3, -0.25) is 9.59 Å². The number of fused-ring (bicyclic) bond motifs is 1. The normalized spacial score (nSPS) is 15.5. The summed E-state index contributed by atoms with van der Waals surface area (Å²) in [6.45, 7) is 0. The molecule has 1 aromatic heterocycles. The van der Waals surface area contributed by atoms with Gasteiger partial charge in [0.15, 0.2) is 5.58 Å². The molecule has 7 heteroatoms. The van der Waals surface area contributed by atoms with Gasteiger partial charge in [0.25, 0.3) is 10.7 Å². The molecule has 0 radical (unpaired) electrons. The molecule has 0 aliphatic heterocycles. The predicted octanol–water partition coefficient (Wildman–Crippen LogP) is 2.56. The molecule has 1 amide bonds. The number of ether oxygens (including phenoxy) is 1. The first kappa shape index (κ1) is 14.8. The van der Waals surface area contributed by atoms with Crippen molar-refractivity contribution in [3.8, 4) is 0 Å². The Kier molecular flexibility index (Phi) is 3.98. The van der Waals surface area contributed by atoms with Crippen molar-refractivity contribution in [3.05, 3.63) is 28.6 Å². The van der Waals surface area contributed by atoms with Crippen molar-refractivity contribution in [2.24, 2.45) is 5.92 Å². The third-order valence-corrected chi connectivity index (χ3v) is 3.99. The number of hydrogen-bond donors (Lipinski definition) is 2. The smallest absolute Gasteiger partial charge is 0.307 e. The average molecular weight is 320 g/mol. The topological polar surface area (TPSA) is 84.3 Å². The molecule has 6 nitrogen and oxygen atoms in total. The Hall–Kier alpha value is -2.15. The first-order chi connectivity index (χ1) is 10.6. The zero-order valence-electron chi connectivity index (χ0n) is 12.0. The Morgan fingerprint density at radius 3 is 2.95 bits per heavy atom. The molecule has 1 saturated carbocycles. The number of benzene rings is 1. The molecule has 1 aliphatic rings. The van der Waals surface area contributed by atoms with E-state index in [4.69, 9.17) is 16.6 Å². The van der Waals surface area contributed by atoms with E-state index in [1.54, 1.807) is 18.2 Å². The van der Waals surface area contributed by atoms with E-state index in [2.05, 4.69) is 15.0 Å². The molecule has 1 aromatic carbocycles. The molecular formula is C15H16N2O4S. The number of aromatic amines is 1. The lowest BCUT2D eigenvalue weighted by molar-refractivity contribution is -0.141. The van der Waals surface area contributed by atoms with Crippen LogP contribution in [0, 0.1) is 10.8 Å². The summed E-state index contributed by atoms with van der Waals surface area (Å²) in [6, 6.07) is 4.89. The monoisotopic (exact) mass is 320 g/mol. The maximum absolute atomic E-state index is 12.4. The number of methoxy groups -OCH3 is 1. The van der Waals surface area contributed by atoms with Gasteiger partial charge in [0.2, 0.25) is 0 Å². The molecule has 1 fully saturated rings. The molecule has 1 heterocycles. The van der Waals surface area contributed by atoms with E-state index >= 15 is 0 Å². The van der Waals surface area contributed by atoms with E-state index < -0.39 is 0 Å². The van der Waals surface area contributed by atoms with Crippen LogP contribution in [0.5, 0.6) is 0 Å². The molecular weight excluding hydrogens is 304 g/mol. The SMILES string of the molecule is COC(=O)CC(NC(=O)c1ccc2[nH]c(=S)oc2c1)C1CC1. The molecule has 0 saturated heterocycles. The van der Waals surface area contributed by atoms with Gasteiger partial charge in [0.1, 0.15) is 0 Å². The number of carbonyl (C=O) groups is 2. The van der Waals surface area contributed by atoms with Gasteiger partial charge in [-0.15, -0.1) is 0 Å². The second-order valence-corrected chi connectivity index (χ2v) is 5.79. The van der Waals surface area contributed by atoms with Gasteiger partial charge in [0.05, 0.1) is 19.0 Å². The fraction of sp³-hybridized carbons (Fsp3) is 0.400. The number of nitrogens with one attached hydrogen (secondary N) is 2. The molecule has 22 heavy (non-hydrogen) atoms. The number of H-pyrrole nitrogens is 1. The van der Waals surface area contributed by atoms with E-state index in [1.165, 1.54) is 7.11 Å². The Labute approximate surface area is 131 Å². The van der Waals surface area contributed by atoms with Crippen molar-refractivity contribution in [2.75, 3.05) is 7.11 Å². The largest absolute Gasteiger partial charge is 0.469 e. The quantitative estimate of drug-likeness (QED) is 0.653. The molecule has 0 spiro atoms. The molecule has 1 unspecified atom stereocenters. The zero-order chi connectivity index (χ0) is 15.7. The first-order valence-electron chi connectivity index (χ1n) is 7.07. The average Bonchev–Trinajstić information content (AvgIpc) is 3.27. The van der Waals surface area contributed by atoms with Crippen molar-refractivity contribution in [2.45, 2.75) is 25.3 Å². The molecule has 0 bridgehead atoms. The van der Waals surface area contributed by atoms with Gasteiger partial charge in [-0.2, -0.15) is 0 Å². The highest BCUT2D eigenvalue weighted by Gasteiger charge is 2.34. The van der Waals surface area contributed by atoms with Crippen LogP contribution in [0.3, 0.4) is 0 Å². The van der Waals surface area contributed by atoms with Gasteiger partial charge in [0, 0.05) is 11.6 Å². The maximum Gasteiger partial charge on any atom is 0.307 e. The molecule has 2 aromatic rings. The van der Waals surface area contributed by atoms with Crippen molar-refractivity contribution >= 4 is 35.2 Å². The summed E-state index contributed by atoms with van der Waals surface area (Å²) in [5.41, 5.74) is 1.75. The van der Waals surface area contributed by atoms with E-state index in [0.717, 1.165) is 18.4 Å². The van der Waals surface area contributed by atoms with Crippen molar-refractivity contribution in [1.82, 2.24) is 10.3 Å². The van der Waals surface area contributed by atoms with Crippen molar-refractivity contribution in [1.29, 1.82) is 0 Å². The highest BCUT2D eigenvalue weighted by molar-refractivity contribution is 7.71. The zero-order valence-corrected chi connectivity index (χ0v) is 12.9. The fourth-order valence-corrected chi connectivity index (χ4v) is 2.64. The number of esters is 1. The van der Waals surface area contributed by atoms with Crippen LogP contribution in [0.25, 0.3) is 11.1 Å². The maximum atomic E-state index is 12.4. The molecule has 3 rings (SSSR count). The van der Waals surface area contributed by atoms with Crippen molar-refractivity contribution in [3.63, 3.8) is 0 Å². The van der Waals surface area contributed by atoms with Crippen LogP contribution in [0.15, 0.2) is 22.6 Å². The van der Waals surface area contributed by atoms with Crippen LogP contribution < -0.4 is 5.32 Å². The summed E-state index contributed by atoms with van der Waals surface area (Å²) in [4.78, 5) is 27.0. The predicted molar refractivity (Wildman–Crippen MR) is 82.0 cm³/mol. The summed E-state index contributed by atoms with van der Waals surface area (Å²) in [7, 11) is 1.35. The summed E-state index contributed by atoms with van der Waals surface area (Å²) in [5.74, 6) is -0.197. The Bertz CT molecular complexity index is 775. The Balaban J connectivity index is 1.75. The van der Waals surface area contributed by atoms with Crippen LogP contribution >= 0.6 is 12.2 Å². The number of oxazole rings is 1. The van der Waals surface area contributed by atoms with Crippen LogP contribution in [-0.2, 0) is 9.53 Å².